The second kappa shape index (κ2) is 4.27. The van der Waals surface area contributed by atoms with Gasteiger partial charge in [0, 0.05) is 20.7 Å². The zero-order valence-electron chi connectivity index (χ0n) is 13.0. The van der Waals surface area contributed by atoms with Crippen molar-refractivity contribution in [1.82, 2.24) is 0 Å². The first-order valence-corrected chi connectivity index (χ1v) is 8.62. The third kappa shape index (κ3) is 1.62. The van der Waals surface area contributed by atoms with E-state index in [2.05, 4.69) is 72.2 Å². The van der Waals surface area contributed by atoms with E-state index < -0.39 is 0 Å². The van der Waals surface area contributed by atoms with E-state index >= 15 is 0 Å². The lowest BCUT2D eigenvalue weighted by Gasteiger charge is -2.21. The van der Waals surface area contributed by atoms with Crippen molar-refractivity contribution in [1.29, 1.82) is 0 Å². The summed E-state index contributed by atoms with van der Waals surface area (Å²) < 4.78 is 7.21. The molecule has 5 rings (SSSR count). The van der Waals surface area contributed by atoms with Crippen LogP contribution in [-0.4, -0.2) is 0 Å². The van der Waals surface area contributed by atoms with Crippen molar-refractivity contribution in [2.45, 2.75) is 19.3 Å². The Balaban J connectivity index is 2.03. The van der Waals surface area contributed by atoms with Gasteiger partial charge in [0.05, 0.1) is 0 Å². The maximum Gasteiger partial charge on any atom is 0.136 e. The second-order valence-corrected chi connectivity index (χ2v) is 7.69. The van der Waals surface area contributed by atoms with E-state index in [1.807, 2.05) is 12.1 Å². The van der Waals surface area contributed by atoms with E-state index in [0.29, 0.717) is 0 Å². The Morgan fingerprint density at radius 2 is 1.70 bits per heavy atom. The molecule has 23 heavy (non-hydrogen) atoms. The molecule has 3 aromatic carbocycles. The average molecular weight is 363 g/mol. The van der Waals surface area contributed by atoms with Gasteiger partial charge in [-0.3, -0.25) is 0 Å². The van der Waals surface area contributed by atoms with Crippen LogP contribution in [0.5, 0.6) is 0 Å². The molecule has 0 radical (unpaired) electrons. The van der Waals surface area contributed by atoms with E-state index in [-0.39, 0.29) is 5.41 Å². The fourth-order valence-electron chi connectivity index (χ4n) is 4.01. The molecule has 1 aromatic heterocycles. The van der Waals surface area contributed by atoms with Crippen LogP contribution < -0.4 is 0 Å². The van der Waals surface area contributed by atoms with E-state index in [1.165, 1.54) is 33.0 Å². The van der Waals surface area contributed by atoms with Crippen LogP contribution in [0.2, 0.25) is 0 Å². The summed E-state index contributed by atoms with van der Waals surface area (Å²) in [6.07, 6.45) is 0. The first-order chi connectivity index (χ1) is 11.1. The molecule has 4 aromatic rings. The first kappa shape index (κ1) is 13.4. The molecule has 1 aliphatic rings. The van der Waals surface area contributed by atoms with Gasteiger partial charge in [-0.2, -0.15) is 0 Å². The minimum Gasteiger partial charge on any atom is -0.456 e. The highest BCUT2D eigenvalue weighted by molar-refractivity contribution is 9.10. The van der Waals surface area contributed by atoms with E-state index in [9.17, 15) is 0 Å². The number of hydrogen-bond acceptors (Lipinski definition) is 1. The fraction of sp³-hybridized carbons (Fsp3) is 0.143. The third-order valence-electron chi connectivity index (χ3n) is 5.14. The quantitative estimate of drug-likeness (QED) is 0.341. The zero-order chi connectivity index (χ0) is 15.8. The number of fused-ring (bicyclic) bond motifs is 7. The van der Waals surface area contributed by atoms with Gasteiger partial charge in [0.2, 0.25) is 0 Å². The summed E-state index contributed by atoms with van der Waals surface area (Å²) in [7, 11) is 0. The molecule has 0 atom stereocenters. The van der Waals surface area contributed by atoms with Crippen molar-refractivity contribution in [3.63, 3.8) is 0 Å². The maximum absolute atomic E-state index is 6.08. The number of benzene rings is 3. The SMILES string of the molecule is CC1(C)c2cc(Br)ccc2-c2c1ccc1oc3ccccc3c21. The van der Waals surface area contributed by atoms with Crippen molar-refractivity contribution in [3.8, 4) is 11.1 Å². The third-order valence-corrected chi connectivity index (χ3v) is 5.63. The smallest absolute Gasteiger partial charge is 0.136 e. The summed E-state index contributed by atoms with van der Waals surface area (Å²) in [5.74, 6) is 0. The summed E-state index contributed by atoms with van der Waals surface area (Å²) in [5, 5.41) is 2.44. The van der Waals surface area contributed by atoms with Gasteiger partial charge in [-0.25, -0.2) is 0 Å². The Kier molecular flexibility index (Phi) is 2.48. The normalized spacial score (nSPS) is 15.1. The molecule has 0 N–H and O–H groups in total. The predicted molar refractivity (Wildman–Crippen MR) is 99.0 cm³/mol. The van der Waals surface area contributed by atoms with Crippen LogP contribution in [0.25, 0.3) is 33.1 Å². The monoisotopic (exact) mass is 362 g/mol. The van der Waals surface area contributed by atoms with Crippen LogP contribution in [-0.2, 0) is 5.41 Å². The van der Waals surface area contributed by atoms with Crippen LogP contribution in [0.15, 0.2) is 63.5 Å². The van der Waals surface area contributed by atoms with Crippen LogP contribution >= 0.6 is 15.9 Å². The summed E-state index contributed by atoms with van der Waals surface area (Å²) >= 11 is 3.62. The molecule has 0 saturated carbocycles. The van der Waals surface area contributed by atoms with Crippen molar-refractivity contribution in [2.75, 3.05) is 0 Å². The van der Waals surface area contributed by atoms with Gasteiger partial charge in [-0.1, -0.05) is 60.1 Å². The average Bonchev–Trinajstić information content (AvgIpc) is 3.01. The molecular formula is C21H15BrO. The van der Waals surface area contributed by atoms with Crippen molar-refractivity contribution < 1.29 is 4.42 Å². The summed E-state index contributed by atoms with van der Waals surface area (Å²) in [6.45, 7) is 4.61. The van der Waals surface area contributed by atoms with E-state index in [1.54, 1.807) is 0 Å². The number of hydrogen-bond donors (Lipinski definition) is 0. The van der Waals surface area contributed by atoms with Gasteiger partial charge in [0.1, 0.15) is 11.2 Å². The molecule has 0 spiro atoms. The van der Waals surface area contributed by atoms with E-state index in [4.69, 9.17) is 4.42 Å². The molecule has 0 amide bonds. The number of para-hydroxylation sites is 1. The van der Waals surface area contributed by atoms with Gasteiger partial charge >= 0.3 is 0 Å². The van der Waals surface area contributed by atoms with Gasteiger partial charge in [-0.05, 0) is 46.5 Å². The fourth-order valence-corrected chi connectivity index (χ4v) is 4.37. The number of rotatable bonds is 0. The van der Waals surface area contributed by atoms with Gasteiger partial charge in [0.15, 0.2) is 0 Å². The first-order valence-electron chi connectivity index (χ1n) is 7.82. The van der Waals surface area contributed by atoms with Crippen LogP contribution in [0.4, 0.5) is 0 Å². The Hall–Kier alpha value is -2.06. The lowest BCUT2D eigenvalue weighted by Crippen LogP contribution is -2.14. The Bertz CT molecular complexity index is 1100. The predicted octanol–water partition coefficient (Wildman–Crippen LogP) is 6.65. The number of furan rings is 1. The molecule has 2 heteroatoms. The molecular weight excluding hydrogens is 348 g/mol. The van der Waals surface area contributed by atoms with Crippen LogP contribution in [0.3, 0.4) is 0 Å². The molecule has 112 valence electrons. The van der Waals surface area contributed by atoms with Crippen molar-refractivity contribution in [2.24, 2.45) is 0 Å². The van der Waals surface area contributed by atoms with Crippen LogP contribution in [0, 0.1) is 0 Å². The highest BCUT2D eigenvalue weighted by Crippen LogP contribution is 2.53. The Morgan fingerprint density at radius 3 is 2.57 bits per heavy atom. The summed E-state index contributed by atoms with van der Waals surface area (Å²) in [6, 6.07) is 19.3. The molecule has 1 nitrogen and oxygen atoms in total. The second-order valence-electron chi connectivity index (χ2n) is 6.77. The Morgan fingerprint density at radius 1 is 0.870 bits per heavy atom. The highest BCUT2D eigenvalue weighted by atomic mass is 79.9. The summed E-state index contributed by atoms with van der Waals surface area (Å²) in [4.78, 5) is 0. The molecule has 0 bridgehead atoms. The van der Waals surface area contributed by atoms with Gasteiger partial charge < -0.3 is 4.42 Å². The molecule has 0 fully saturated rings. The van der Waals surface area contributed by atoms with Crippen molar-refractivity contribution >= 4 is 37.9 Å². The molecule has 0 saturated heterocycles. The molecule has 0 unspecified atom stereocenters. The molecule has 0 aliphatic heterocycles. The van der Waals surface area contributed by atoms with Crippen LogP contribution in [0.1, 0.15) is 25.0 Å². The maximum atomic E-state index is 6.08. The summed E-state index contributed by atoms with van der Waals surface area (Å²) in [5.41, 5.74) is 7.34. The van der Waals surface area contributed by atoms with Crippen molar-refractivity contribution in [3.05, 3.63) is 70.2 Å². The molecule has 1 aliphatic carbocycles. The largest absolute Gasteiger partial charge is 0.456 e. The van der Waals surface area contributed by atoms with Gasteiger partial charge in [-0.15, -0.1) is 0 Å². The Labute approximate surface area is 143 Å². The molecule has 1 heterocycles. The minimum atomic E-state index is 0.00100. The van der Waals surface area contributed by atoms with Gasteiger partial charge in [0.25, 0.3) is 0 Å². The topological polar surface area (TPSA) is 13.1 Å². The number of halogens is 1. The lowest BCUT2D eigenvalue weighted by molar-refractivity contribution is 0.656. The van der Waals surface area contributed by atoms with E-state index in [0.717, 1.165) is 15.6 Å². The highest BCUT2D eigenvalue weighted by Gasteiger charge is 2.37. The minimum absolute atomic E-state index is 0.00100. The standard InChI is InChI=1S/C21H15BrO/c1-21(2)15-9-10-18-20(14-5-3-4-6-17(14)23-18)19(15)13-8-7-12(22)11-16(13)21/h3-11H,1-2H3. The lowest BCUT2D eigenvalue weighted by atomic mass is 9.82. The zero-order valence-corrected chi connectivity index (χ0v) is 14.6.